The summed E-state index contributed by atoms with van der Waals surface area (Å²) in [6.45, 7) is 0. The van der Waals surface area contributed by atoms with E-state index in [1.807, 2.05) is 0 Å². The van der Waals surface area contributed by atoms with Crippen LogP contribution in [0.4, 0.5) is 0 Å². The third-order valence-corrected chi connectivity index (χ3v) is 2.29. The van der Waals surface area contributed by atoms with Crippen LogP contribution >= 0.6 is 0 Å². The Bertz CT molecular complexity index is 474. The first-order chi connectivity index (χ1) is 8.58. The normalized spacial score (nSPS) is 9.44. The third-order valence-electron chi connectivity index (χ3n) is 2.29. The summed E-state index contributed by atoms with van der Waals surface area (Å²) in [6, 6.07) is 2.24. The van der Waals surface area contributed by atoms with E-state index < -0.39 is 11.9 Å². The fourth-order valence-electron chi connectivity index (χ4n) is 1.40. The van der Waals surface area contributed by atoms with Crippen molar-refractivity contribution in [2.75, 3.05) is 14.2 Å². The summed E-state index contributed by atoms with van der Waals surface area (Å²) < 4.78 is 8.96. The maximum atomic E-state index is 11.4. The second-order valence-electron chi connectivity index (χ2n) is 3.25. The zero-order chi connectivity index (χ0) is 13.7. The van der Waals surface area contributed by atoms with Gasteiger partial charge >= 0.3 is 11.9 Å². The molecule has 0 aliphatic heterocycles. The lowest BCUT2D eigenvalue weighted by molar-refractivity contribution is 0.0595. The van der Waals surface area contributed by atoms with Crippen molar-refractivity contribution < 1.29 is 28.7 Å². The van der Waals surface area contributed by atoms with Gasteiger partial charge in [0.25, 0.3) is 0 Å². The Kier molecular flexibility index (Phi) is 4.31. The van der Waals surface area contributed by atoms with E-state index in [-0.39, 0.29) is 22.3 Å². The highest BCUT2D eigenvalue weighted by Gasteiger charge is 2.19. The van der Waals surface area contributed by atoms with E-state index in [0.29, 0.717) is 12.6 Å². The molecule has 0 aliphatic carbocycles. The zero-order valence-corrected chi connectivity index (χ0v) is 9.76. The smallest absolute Gasteiger partial charge is 0.338 e. The number of hydrogen-bond donors (Lipinski definition) is 0. The minimum absolute atomic E-state index is 0.0309. The van der Waals surface area contributed by atoms with Gasteiger partial charge in [0.15, 0.2) is 12.6 Å². The number of esters is 2. The summed E-state index contributed by atoms with van der Waals surface area (Å²) >= 11 is 0. The Balaban J connectivity index is 3.52. The molecule has 0 spiro atoms. The number of methoxy groups -OCH3 is 2. The second-order valence-corrected chi connectivity index (χ2v) is 3.25. The van der Waals surface area contributed by atoms with Crippen LogP contribution in [0.5, 0.6) is 0 Å². The molecular weight excluding hydrogens is 240 g/mol. The molecule has 6 heteroatoms. The third kappa shape index (κ3) is 2.42. The van der Waals surface area contributed by atoms with Crippen LogP contribution in [0.1, 0.15) is 41.4 Å². The average Bonchev–Trinajstić information content (AvgIpc) is 2.43. The van der Waals surface area contributed by atoms with Crippen molar-refractivity contribution in [3.63, 3.8) is 0 Å². The molecule has 0 heterocycles. The van der Waals surface area contributed by atoms with Gasteiger partial charge in [-0.2, -0.15) is 0 Å². The van der Waals surface area contributed by atoms with Crippen molar-refractivity contribution in [1.82, 2.24) is 0 Å². The van der Waals surface area contributed by atoms with Crippen molar-refractivity contribution in [3.8, 4) is 0 Å². The molecule has 1 aromatic rings. The first kappa shape index (κ1) is 13.6. The molecule has 0 saturated carbocycles. The molecule has 0 amide bonds. The number of ether oxygens (including phenoxy) is 2. The molecule has 1 rings (SSSR count). The molecule has 0 bridgehead atoms. The summed E-state index contributed by atoms with van der Waals surface area (Å²) in [5.41, 5.74) is -0.259. The standard InChI is InChI=1S/C12H10O6/c1-17-11(15)9-4-10(12(16)18-2)8(6-14)3-7(9)5-13/h3-6H,1-2H3. The Morgan fingerprint density at radius 2 is 1.28 bits per heavy atom. The molecule has 0 unspecified atom stereocenters. The molecule has 0 saturated heterocycles. The maximum absolute atomic E-state index is 11.4. The van der Waals surface area contributed by atoms with E-state index in [2.05, 4.69) is 9.47 Å². The van der Waals surface area contributed by atoms with Gasteiger partial charge < -0.3 is 9.47 Å². The fraction of sp³-hybridized carbons (Fsp3) is 0.167. The van der Waals surface area contributed by atoms with Gasteiger partial charge in [0.05, 0.1) is 25.3 Å². The van der Waals surface area contributed by atoms with Gasteiger partial charge in [-0.05, 0) is 12.1 Å². The van der Waals surface area contributed by atoms with Crippen LogP contribution in [-0.2, 0) is 9.47 Å². The quantitative estimate of drug-likeness (QED) is 0.582. The van der Waals surface area contributed by atoms with Gasteiger partial charge in [-0.15, -0.1) is 0 Å². The number of benzene rings is 1. The summed E-state index contributed by atoms with van der Waals surface area (Å²) in [7, 11) is 2.28. The summed E-state index contributed by atoms with van der Waals surface area (Å²) in [4.78, 5) is 44.5. The summed E-state index contributed by atoms with van der Waals surface area (Å²) in [5.74, 6) is -1.56. The molecule has 0 aromatic heterocycles. The lowest BCUT2D eigenvalue weighted by Crippen LogP contribution is -2.12. The van der Waals surface area contributed by atoms with Crippen LogP contribution in [0.3, 0.4) is 0 Å². The number of carbonyl (C=O) groups is 4. The molecule has 1 aromatic carbocycles. The predicted molar refractivity (Wildman–Crippen MR) is 59.9 cm³/mol. The molecule has 0 radical (unpaired) electrons. The molecule has 6 nitrogen and oxygen atoms in total. The van der Waals surface area contributed by atoms with Gasteiger partial charge in [0.2, 0.25) is 0 Å². The van der Waals surface area contributed by atoms with Crippen molar-refractivity contribution in [2.24, 2.45) is 0 Å². The Morgan fingerprint density at radius 1 is 0.889 bits per heavy atom. The van der Waals surface area contributed by atoms with Crippen LogP contribution in [0.2, 0.25) is 0 Å². The summed E-state index contributed by atoms with van der Waals surface area (Å²) in [5, 5.41) is 0. The highest BCUT2D eigenvalue weighted by atomic mass is 16.5. The maximum Gasteiger partial charge on any atom is 0.338 e. The lowest BCUT2D eigenvalue weighted by Gasteiger charge is -2.08. The topological polar surface area (TPSA) is 86.7 Å². The van der Waals surface area contributed by atoms with Crippen LogP contribution < -0.4 is 0 Å². The number of rotatable bonds is 4. The van der Waals surface area contributed by atoms with Crippen LogP contribution in [0.25, 0.3) is 0 Å². The van der Waals surface area contributed by atoms with Gasteiger partial charge in [-0.3, -0.25) is 9.59 Å². The van der Waals surface area contributed by atoms with Crippen LogP contribution in [0.15, 0.2) is 12.1 Å². The van der Waals surface area contributed by atoms with Gasteiger partial charge in [-0.25, -0.2) is 9.59 Å². The van der Waals surface area contributed by atoms with Crippen molar-refractivity contribution in [2.45, 2.75) is 0 Å². The first-order valence-corrected chi connectivity index (χ1v) is 4.84. The molecule has 0 atom stereocenters. The predicted octanol–water partition coefficient (Wildman–Crippen LogP) is 0.885. The molecule has 0 aliphatic rings. The van der Waals surface area contributed by atoms with Crippen molar-refractivity contribution in [3.05, 3.63) is 34.4 Å². The average molecular weight is 250 g/mol. The van der Waals surface area contributed by atoms with E-state index in [4.69, 9.17) is 0 Å². The monoisotopic (exact) mass is 250 g/mol. The SMILES string of the molecule is COC(=O)c1cc(C(=O)OC)c(C=O)cc1C=O. The van der Waals surface area contributed by atoms with Gasteiger partial charge in [0, 0.05) is 11.1 Å². The number of carbonyl (C=O) groups excluding carboxylic acids is 4. The highest BCUT2D eigenvalue weighted by Crippen LogP contribution is 2.17. The van der Waals surface area contributed by atoms with E-state index in [1.165, 1.54) is 0 Å². The Labute approximate surface area is 102 Å². The van der Waals surface area contributed by atoms with E-state index in [0.717, 1.165) is 26.4 Å². The number of aldehydes is 2. The lowest BCUT2D eigenvalue weighted by atomic mass is 9.99. The largest absolute Gasteiger partial charge is 0.465 e. The second kappa shape index (κ2) is 5.72. The molecule has 94 valence electrons. The minimum atomic E-state index is -0.778. The van der Waals surface area contributed by atoms with E-state index in [9.17, 15) is 19.2 Å². The van der Waals surface area contributed by atoms with Crippen molar-refractivity contribution >= 4 is 24.5 Å². The summed E-state index contributed by atoms with van der Waals surface area (Å²) in [6.07, 6.45) is 0.806. The van der Waals surface area contributed by atoms with Crippen LogP contribution in [0, 0.1) is 0 Å². The van der Waals surface area contributed by atoms with Crippen molar-refractivity contribution in [1.29, 1.82) is 0 Å². The Hall–Kier alpha value is -2.50. The highest BCUT2D eigenvalue weighted by molar-refractivity contribution is 6.05. The zero-order valence-electron chi connectivity index (χ0n) is 9.76. The van der Waals surface area contributed by atoms with E-state index >= 15 is 0 Å². The Morgan fingerprint density at radius 3 is 1.56 bits per heavy atom. The minimum Gasteiger partial charge on any atom is -0.465 e. The van der Waals surface area contributed by atoms with E-state index in [1.54, 1.807) is 0 Å². The number of hydrogen-bond acceptors (Lipinski definition) is 6. The first-order valence-electron chi connectivity index (χ1n) is 4.84. The van der Waals surface area contributed by atoms with Gasteiger partial charge in [0.1, 0.15) is 0 Å². The molecular formula is C12H10O6. The van der Waals surface area contributed by atoms with Crippen LogP contribution in [-0.4, -0.2) is 38.7 Å². The van der Waals surface area contributed by atoms with Gasteiger partial charge in [-0.1, -0.05) is 0 Å². The molecule has 18 heavy (non-hydrogen) atoms. The fourth-order valence-corrected chi connectivity index (χ4v) is 1.40. The molecule has 0 fully saturated rings. The molecule has 0 N–H and O–H groups in total.